The highest BCUT2D eigenvalue weighted by molar-refractivity contribution is 7.91. The zero-order valence-electron chi connectivity index (χ0n) is 16.8. The maximum Gasteiger partial charge on any atom is 0.255 e. The summed E-state index contributed by atoms with van der Waals surface area (Å²) in [4.78, 5) is 20.3. The number of hydrogen-bond donors (Lipinski definition) is 0. The summed E-state index contributed by atoms with van der Waals surface area (Å²) in [5.41, 5.74) is 2.76. The Hall–Kier alpha value is -2.30. The molecule has 1 aliphatic heterocycles. The first-order chi connectivity index (χ1) is 13.7. The first kappa shape index (κ1) is 20.0. The number of carbonyl (C=O) groups is 1. The zero-order valence-corrected chi connectivity index (χ0v) is 18.5. The fraction of sp³-hybridized carbons (Fsp3) is 0.421. The van der Waals surface area contributed by atoms with Gasteiger partial charge in [0.25, 0.3) is 15.9 Å². The van der Waals surface area contributed by atoms with E-state index in [1.165, 1.54) is 15.6 Å². The van der Waals surface area contributed by atoms with Crippen molar-refractivity contribution in [1.29, 1.82) is 0 Å². The molecule has 0 bridgehead atoms. The van der Waals surface area contributed by atoms with E-state index in [4.69, 9.17) is 0 Å². The number of hydrogen-bond acceptors (Lipinski definition) is 6. The van der Waals surface area contributed by atoms with Gasteiger partial charge in [0, 0.05) is 43.5 Å². The Bertz CT molecular complexity index is 1200. The summed E-state index contributed by atoms with van der Waals surface area (Å²) < 4.78 is 29.1. The lowest BCUT2D eigenvalue weighted by Crippen LogP contribution is -2.50. The third-order valence-electron chi connectivity index (χ3n) is 5.26. The second kappa shape index (κ2) is 7.19. The third kappa shape index (κ3) is 3.45. The van der Waals surface area contributed by atoms with Crippen LogP contribution in [-0.2, 0) is 17.1 Å². The van der Waals surface area contributed by atoms with E-state index in [1.807, 2.05) is 40.0 Å². The van der Waals surface area contributed by atoms with Gasteiger partial charge >= 0.3 is 0 Å². The molecule has 1 saturated heterocycles. The van der Waals surface area contributed by atoms with E-state index in [-0.39, 0.29) is 19.0 Å². The molecule has 29 heavy (non-hydrogen) atoms. The number of piperazine rings is 1. The molecule has 0 N–H and O–H groups in total. The fourth-order valence-electron chi connectivity index (χ4n) is 3.63. The molecule has 0 aromatic carbocycles. The van der Waals surface area contributed by atoms with Crippen molar-refractivity contribution >= 4 is 38.3 Å². The number of fused-ring (bicyclic) bond motifs is 1. The van der Waals surface area contributed by atoms with Crippen molar-refractivity contribution in [2.75, 3.05) is 26.2 Å². The van der Waals surface area contributed by atoms with Crippen LogP contribution < -0.4 is 0 Å². The normalized spacial score (nSPS) is 15.9. The summed E-state index contributed by atoms with van der Waals surface area (Å²) in [7, 11) is -1.67. The molecule has 3 aromatic rings. The van der Waals surface area contributed by atoms with E-state index in [2.05, 4.69) is 10.1 Å². The van der Waals surface area contributed by atoms with Gasteiger partial charge in [-0.15, -0.1) is 11.3 Å². The first-order valence-corrected chi connectivity index (χ1v) is 11.6. The van der Waals surface area contributed by atoms with Gasteiger partial charge < -0.3 is 4.90 Å². The first-order valence-electron chi connectivity index (χ1n) is 9.35. The SMILES string of the molecule is Cc1ccc(S(=O)(=O)N2CCN(C(=O)c3cc4c(C)nn(C)c4nc3C)CC2)s1. The topological polar surface area (TPSA) is 88.4 Å². The molecule has 0 unspecified atom stereocenters. The highest BCUT2D eigenvalue weighted by Crippen LogP contribution is 2.26. The molecule has 1 amide bonds. The molecule has 1 fully saturated rings. The maximum absolute atomic E-state index is 13.1. The van der Waals surface area contributed by atoms with E-state index >= 15 is 0 Å². The molecular weight excluding hydrogens is 410 g/mol. The third-order valence-corrected chi connectivity index (χ3v) is 8.62. The van der Waals surface area contributed by atoms with Crippen molar-refractivity contribution in [3.8, 4) is 0 Å². The number of amides is 1. The van der Waals surface area contributed by atoms with Crippen LogP contribution in [0, 0.1) is 20.8 Å². The highest BCUT2D eigenvalue weighted by atomic mass is 32.2. The molecular formula is C19H23N5O3S2. The zero-order chi connectivity index (χ0) is 20.9. The number of sulfonamides is 1. The van der Waals surface area contributed by atoms with E-state index in [0.717, 1.165) is 21.6 Å². The molecule has 4 heterocycles. The highest BCUT2D eigenvalue weighted by Gasteiger charge is 2.32. The molecule has 0 radical (unpaired) electrons. The van der Waals surface area contributed by atoms with Crippen molar-refractivity contribution in [3.05, 3.63) is 40.0 Å². The Morgan fingerprint density at radius 1 is 1.07 bits per heavy atom. The summed E-state index contributed by atoms with van der Waals surface area (Å²) in [6.07, 6.45) is 0. The average Bonchev–Trinajstić information content (AvgIpc) is 3.24. The lowest BCUT2D eigenvalue weighted by Gasteiger charge is -2.34. The lowest BCUT2D eigenvalue weighted by atomic mass is 10.1. The van der Waals surface area contributed by atoms with Crippen LogP contribution in [0.1, 0.15) is 26.6 Å². The second-order valence-corrected chi connectivity index (χ2v) is 10.7. The summed E-state index contributed by atoms with van der Waals surface area (Å²) >= 11 is 1.27. The van der Waals surface area contributed by atoms with E-state index < -0.39 is 10.0 Å². The van der Waals surface area contributed by atoms with Gasteiger partial charge in [-0.2, -0.15) is 9.40 Å². The number of pyridine rings is 1. The number of thiophene rings is 1. The van der Waals surface area contributed by atoms with E-state index in [9.17, 15) is 13.2 Å². The average molecular weight is 434 g/mol. The predicted molar refractivity (Wildman–Crippen MR) is 112 cm³/mol. The van der Waals surface area contributed by atoms with Crippen LogP contribution in [0.25, 0.3) is 11.0 Å². The molecule has 0 spiro atoms. The molecule has 0 aliphatic carbocycles. The van der Waals surface area contributed by atoms with Gasteiger partial charge in [-0.1, -0.05) is 0 Å². The molecule has 8 nitrogen and oxygen atoms in total. The summed E-state index contributed by atoms with van der Waals surface area (Å²) in [6, 6.07) is 5.30. The van der Waals surface area contributed by atoms with E-state index in [0.29, 0.717) is 28.6 Å². The molecule has 154 valence electrons. The number of aryl methyl sites for hydroxylation is 4. The summed E-state index contributed by atoms with van der Waals surface area (Å²) in [6.45, 7) is 6.87. The maximum atomic E-state index is 13.1. The van der Waals surface area contributed by atoms with Gasteiger partial charge in [-0.05, 0) is 39.0 Å². The van der Waals surface area contributed by atoms with Crippen LogP contribution in [0.5, 0.6) is 0 Å². The van der Waals surface area contributed by atoms with Gasteiger partial charge in [0.15, 0.2) is 5.65 Å². The van der Waals surface area contributed by atoms with Crippen molar-refractivity contribution in [2.24, 2.45) is 7.05 Å². The van der Waals surface area contributed by atoms with Gasteiger partial charge in [0.1, 0.15) is 4.21 Å². The fourth-order valence-corrected chi connectivity index (χ4v) is 6.49. The minimum Gasteiger partial charge on any atom is -0.336 e. The van der Waals surface area contributed by atoms with Gasteiger partial charge in [-0.3, -0.25) is 9.48 Å². The predicted octanol–water partition coefficient (Wildman–Crippen LogP) is 2.10. The van der Waals surface area contributed by atoms with Crippen LogP contribution in [0.3, 0.4) is 0 Å². The minimum absolute atomic E-state index is 0.121. The quantitative estimate of drug-likeness (QED) is 0.631. The van der Waals surface area contributed by atoms with Gasteiger partial charge in [0.2, 0.25) is 0 Å². The summed E-state index contributed by atoms with van der Waals surface area (Å²) in [5, 5.41) is 5.23. The monoisotopic (exact) mass is 433 g/mol. The van der Waals surface area contributed by atoms with Gasteiger partial charge in [-0.25, -0.2) is 13.4 Å². The molecule has 0 saturated carbocycles. The molecule has 10 heteroatoms. The largest absolute Gasteiger partial charge is 0.336 e. The minimum atomic E-state index is -3.50. The number of carbonyl (C=O) groups excluding carboxylic acids is 1. The number of rotatable bonds is 3. The molecule has 3 aromatic heterocycles. The second-order valence-electron chi connectivity index (χ2n) is 7.26. The summed E-state index contributed by atoms with van der Waals surface area (Å²) in [5.74, 6) is -0.121. The number of aromatic nitrogens is 3. The Labute approximate surface area is 173 Å². The van der Waals surface area contributed by atoms with Crippen LogP contribution in [0.2, 0.25) is 0 Å². The number of nitrogens with zero attached hydrogens (tertiary/aromatic N) is 5. The molecule has 1 aliphatic rings. The van der Waals surface area contributed by atoms with Crippen LogP contribution >= 0.6 is 11.3 Å². The standard InChI is InChI=1S/C19H23N5O3S2/c1-12-5-6-17(28-12)29(26,27)24-9-7-23(8-10-24)19(25)16-11-15-14(3)21-22(4)18(15)20-13(16)2/h5-6,11H,7-10H2,1-4H3. The van der Waals surface area contributed by atoms with Crippen LogP contribution in [0.4, 0.5) is 0 Å². The van der Waals surface area contributed by atoms with Crippen LogP contribution in [-0.4, -0.2) is 64.5 Å². The van der Waals surface area contributed by atoms with E-state index in [1.54, 1.807) is 15.6 Å². The molecule has 0 atom stereocenters. The van der Waals surface area contributed by atoms with Gasteiger partial charge in [0.05, 0.1) is 17.0 Å². The van der Waals surface area contributed by atoms with Crippen molar-refractivity contribution in [2.45, 2.75) is 25.0 Å². The molecule has 4 rings (SSSR count). The van der Waals surface area contributed by atoms with Crippen molar-refractivity contribution in [1.82, 2.24) is 24.0 Å². The Kier molecular flexibility index (Phi) is 4.96. The lowest BCUT2D eigenvalue weighted by molar-refractivity contribution is 0.0697. The Morgan fingerprint density at radius 3 is 2.38 bits per heavy atom. The Balaban J connectivity index is 1.53. The van der Waals surface area contributed by atoms with Crippen molar-refractivity contribution in [3.63, 3.8) is 0 Å². The Morgan fingerprint density at radius 2 is 1.76 bits per heavy atom. The smallest absolute Gasteiger partial charge is 0.255 e. The van der Waals surface area contributed by atoms with Crippen molar-refractivity contribution < 1.29 is 13.2 Å². The van der Waals surface area contributed by atoms with Crippen LogP contribution in [0.15, 0.2) is 22.4 Å².